The molecule has 0 aliphatic carbocycles. The van der Waals surface area contributed by atoms with Crippen LogP contribution in [0, 0.1) is 5.92 Å². The predicted molar refractivity (Wildman–Crippen MR) is 155 cm³/mol. The molecule has 0 bridgehead atoms. The third-order valence-electron chi connectivity index (χ3n) is 6.71. The van der Waals surface area contributed by atoms with Crippen molar-refractivity contribution in [3.8, 4) is 0 Å². The molecule has 2 rings (SSSR count). The van der Waals surface area contributed by atoms with Crippen molar-refractivity contribution in [1.29, 1.82) is 0 Å². The molecule has 226 valence electrons. The summed E-state index contributed by atoms with van der Waals surface area (Å²) in [6.07, 6.45) is 0.724. The quantitative estimate of drug-likeness (QED) is 0.124. The van der Waals surface area contributed by atoms with E-state index in [1.54, 1.807) is 45.0 Å². The van der Waals surface area contributed by atoms with Crippen molar-refractivity contribution in [3.05, 3.63) is 34.9 Å². The molecular weight excluding hydrogens is 552 g/mol. The normalized spacial score (nSPS) is 24.3. The predicted octanol–water partition coefficient (Wildman–Crippen LogP) is -0.0187. The van der Waals surface area contributed by atoms with Crippen molar-refractivity contribution in [2.45, 2.75) is 77.0 Å². The highest BCUT2D eigenvalue weighted by molar-refractivity contribution is 6.30. The molecule has 1 heterocycles. The minimum Gasteiger partial charge on any atom is -0.370 e. The number of carbonyl (C=O) groups excluding carboxylic acids is 5. The van der Waals surface area contributed by atoms with Crippen molar-refractivity contribution in [1.82, 2.24) is 26.6 Å². The van der Waals surface area contributed by atoms with Crippen molar-refractivity contribution in [2.75, 3.05) is 13.1 Å². The van der Waals surface area contributed by atoms with Crippen molar-refractivity contribution in [2.24, 2.45) is 22.4 Å². The maximum Gasteiger partial charge on any atom is 0.247 e. The van der Waals surface area contributed by atoms with E-state index in [4.69, 9.17) is 23.1 Å². The van der Waals surface area contributed by atoms with Crippen LogP contribution in [0.4, 0.5) is 0 Å². The van der Waals surface area contributed by atoms with Crippen LogP contribution in [0.15, 0.2) is 29.3 Å². The summed E-state index contributed by atoms with van der Waals surface area (Å²) in [6, 6.07) is 3.25. The van der Waals surface area contributed by atoms with Gasteiger partial charge in [0.25, 0.3) is 0 Å². The Morgan fingerprint density at radius 1 is 1.05 bits per heavy atom. The molecule has 0 radical (unpaired) electrons. The van der Waals surface area contributed by atoms with Gasteiger partial charge in [0.15, 0.2) is 5.96 Å². The average Bonchev–Trinajstić information content (AvgIpc) is 2.91. The number of hydrogen-bond acceptors (Lipinski definition) is 6. The minimum absolute atomic E-state index is 0.00421. The van der Waals surface area contributed by atoms with E-state index in [0.29, 0.717) is 17.0 Å². The first-order chi connectivity index (χ1) is 19.3. The maximum absolute atomic E-state index is 13.6. The highest BCUT2D eigenvalue weighted by atomic mass is 35.5. The first kappa shape index (κ1) is 33.3. The zero-order valence-electron chi connectivity index (χ0n) is 23.9. The third-order valence-corrected chi connectivity index (χ3v) is 6.96. The van der Waals surface area contributed by atoms with Crippen LogP contribution in [0.2, 0.25) is 5.02 Å². The van der Waals surface area contributed by atoms with Gasteiger partial charge in [-0.05, 0) is 50.3 Å². The molecular formula is C27H41ClN8O5. The summed E-state index contributed by atoms with van der Waals surface area (Å²) in [4.78, 5) is 70.1. The fourth-order valence-corrected chi connectivity index (χ4v) is 4.23. The Morgan fingerprint density at radius 3 is 2.27 bits per heavy atom. The molecule has 0 saturated carbocycles. The third kappa shape index (κ3) is 9.92. The lowest BCUT2D eigenvalue weighted by atomic mass is 9.94. The van der Waals surface area contributed by atoms with Gasteiger partial charge in [0.1, 0.15) is 23.7 Å². The van der Waals surface area contributed by atoms with Crippen LogP contribution >= 0.6 is 11.6 Å². The molecule has 4 atom stereocenters. The van der Waals surface area contributed by atoms with E-state index in [1.165, 1.54) is 6.92 Å². The summed E-state index contributed by atoms with van der Waals surface area (Å²) in [6.45, 7) is 6.81. The largest absolute Gasteiger partial charge is 0.370 e. The van der Waals surface area contributed by atoms with E-state index < -0.39 is 53.2 Å². The number of aliphatic imine (C=N–C) groups is 1. The molecule has 1 aromatic carbocycles. The zero-order valence-corrected chi connectivity index (χ0v) is 24.6. The van der Waals surface area contributed by atoms with E-state index >= 15 is 0 Å². The smallest absolute Gasteiger partial charge is 0.247 e. The van der Waals surface area contributed by atoms with Crippen LogP contribution in [0.25, 0.3) is 0 Å². The molecule has 1 fully saturated rings. The average molecular weight is 593 g/mol. The second kappa shape index (κ2) is 15.2. The number of guanidine groups is 1. The number of nitrogens with two attached hydrogens (primary N) is 2. The van der Waals surface area contributed by atoms with Crippen LogP contribution in [0.5, 0.6) is 0 Å². The molecule has 41 heavy (non-hydrogen) atoms. The number of halogens is 1. The number of nitrogens with zero attached hydrogens (tertiary/aromatic N) is 1. The van der Waals surface area contributed by atoms with E-state index in [2.05, 4.69) is 31.6 Å². The van der Waals surface area contributed by atoms with Crippen LogP contribution in [-0.4, -0.2) is 66.2 Å². The molecule has 0 aromatic heterocycles. The van der Waals surface area contributed by atoms with Gasteiger partial charge >= 0.3 is 0 Å². The van der Waals surface area contributed by atoms with Crippen LogP contribution in [0.3, 0.4) is 0 Å². The van der Waals surface area contributed by atoms with Gasteiger partial charge in [-0.2, -0.15) is 0 Å². The van der Waals surface area contributed by atoms with E-state index in [9.17, 15) is 24.0 Å². The number of carbonyl (C=O) groups is 5. The molecule has 5 amide bonds. The first-order valence-electron chi connectivity index (χ1n) is 13.6. The Balaban J connectivity index is 2.47. The van der Waals surface area contributed by atoms with Gasteiger partial charge in [0.05, 0.1) is 0 Å². The fourth-order valence-electron chi connectivity index (χ4n) is 4.10. The van der Waals surface area contributed by atoms with Crippen molar-refractivity contribution >= 4 is 47.1 Å². The van der Waals surface area contributed by atoms with Gasteiger partial charge < -0.3 is 38.1 Å². The lowest BCUT2D eigenvalue weighted by Gasteiger charge is -2.33. The lowest BCUT2D eigenvalue weighted by molar-refractivity contribution is -0.138. The number of amides is 5. The summed E-state index contributed by atoms with van der Waals surface area (Å²) in [5, 5.41) is 14.1. The SMILES string of the molecule is CC[C@@H]1NC(=O)[C@H](CCCN=C(N)N)NC(=O)[C@](C)(NC(=O)C(C)C)CCNC(=O)[C@@H](c2ccc(Cl)cc2)NC1=O. The summed E-state index contributed by atoms with van der Waals surface area (Å²) < 4.78 is 0. The Kier molecular flexibility index (Phi) is 12.4. The van der Waals surface area contributed by atoms with Crippen molar-refractivity contribution in [3.63, 3.8) is 0 Å². The fraction of sp³-hybridized carbons (Fsp3) is 0.556. The number of nitrogens with one attached hydrogen (secondary N) is 5. The highest BCUT2D eigenvalue weighted by Crippen LogP contribution is 2.19. The van der Waals surface area contributed by atoms with Crippen LogP contribution in [-0.2, 0) is 24.0 Å². The van der Waals surface area contributed by atoms with E-state index in [0.717, 1.165) is 0 Å². The van der Waals surface area contributed by atoms with Gasteiger partial charge in [-0.1, -0.05) is 44.5 Å². The first-order valence-corrected chi connectivity index (χ1v) is 14.0. The molecule has 9 N–H and O–H groups in total. The van der Waals surface area contributed by atoms with Gasteiger partial charge in [0.2, 0.25) is 29.5 Å². The molecule has 1 aliphatic heterocycles. The number of benzene rings is 1. The lowest BCUT2D eigenvalue weighted by Crippen LogP contribution is -2.63. The van der Waals surface area contributed by atoms with Gasteiger partial charge in [-0.3, -0.25) is 29.0 Å². The van der Waals surface area contributed by atoms with E-state index in [-0.39, 0.29) is 44.2 Å². The Labute approximate surface area is 245 Å². The number of hydrogen-bond donors (Lipinski definition) is 7. The summed E-state index contributed by atoms with van der Waals surface area (Å²) in [5.41, 5.74) is 9.78. The zero-order chi connectivity index (χ0) is 30.7. The maximum atomic E-state index is 13.6. The van der Waals surface area contributed by atoms with Crippen LogP contribution in [0.1, 0.15) is 65.0 Å². The molecule has 14 heteroatoms. The second-order valence-corrected chi connectivity index (χ2v) is 10.9. The Hall–Kier alpha value is -3.87. The molecule has 1 aromatic rings. The molecule has 1 saturated heterocycles. The number of rotatable bonds is 8. The summed E-state index contributed by atoms with van der Waals surface area (Å²) >= 11 is 6.01. The molecule has 1 aliphatic rings. The second-order valence-electron chi connectivity index (χ2n) is 10.5. The molecule has 13 nitrogen and oxygen atoms in total. The monoisotopic (exact) mass is 592 g/mol. The van der Waals surface area contributed by atoms with Gasteiger partial charge in [-0.25, -0.2) is 0 Å². The minimum atomic E-state index is -1.47. The highest BCUT2D eigenvalue weighted by Gasteiger charge is 2.38. The standard InChI is InChI=1S/C27H41ClN8O5/c1-5-18-22(38)35-20(16-8-10-17(28)11-9-16)24(40)31-14-12-27(4,36-21(37)15(2)3)25(41)34-19(23(39)33-18)7-6-13-32-26(29)30/h8-11,15,18-20H,5-7,12-14H2,1-4H3,(H,31,40)(H,33,39)(H,34,41)(H,35,38)(H,36,37)(H4,29,30,32)/t18-,19-,20+,27+/m0/s1. The summed E-state index contributed by atoms with van der Waals surface area (Å²) in [7, 11) is 0. The van der Waals surface area contributed by atoms with Crippen LogP contribution < -0.4 is 38.1 Å². The molecule has 0 spiro atoms. The van der Waals surface area contributed by atoms with E-state index in [1.807, 2.05) is 0 Å². The molecule has 0 unspecified atom stereocenters. The Morgan fingerprint density at radius 2 is 1.68 bits per heavy atom. The Bertz CT molecular complexity index is 1140. The van der Waals surface area contributed by atoms with Crippen molar-refractivity contribution < 1.29 is 24.0 Å². The topological polar surface area (TPSA) is 210 Å². The van der Waals surface area contributed by atoms with Gasteiger partial charge in [0, 0.05) is 24.0 Å². The van der Waals surface area contributed by atoms with Gasteiger partial charge in [-0.15, -0.1) is 0 Å². The summed E-state index contributed by atoms with van der Waals surface area (Å²) in [5.74, 6) is -3.23.